The van der Waals surface area contributed by atoms with E-state index in [9.17, 15) is 9.90 Å². The molecule has 4 atom stereocenters. The van der Waals surface area contributed by atoms with E-state index in [1.165, 1.54) is 18.4 Å². The predicted molar refractivity (Wildman–Crippen MR) is 86.3 cm³/mol. The van der Waals surface area contributed by atoms with Gasteiger partial charge in [0, 0.05) is 17.1 Å². The number of carboxylic acid groups (broad SMARTS) is 1. The van der Waals surface area contributed by atoms with E-state index in [0.717, 1.165) is 23.9 Å². The molecule has 21 heavy (non-hydrogen) atoms. The molecule has 1 aromatic rings. The van der Waals surface area contributed by atoms with Gasteiger partial charge in [-0.25, -0.2) is 0 Å². The Morgan fingerprint density at radius 3 is 2.76 bits per heavy atom. The summed E-state index contributed by atoms with van der Waals surface area (Å²) in [4.78, 5) is 13.9. The Labute approximate surface area is 134 Å². The number of likely N-dealkylation sites (tertiary alicyclic amines) is 1. The van der Waals surface area contributed by atoms with Crippen molar-refractivity contribution in [3.8, 4) is 0 Å². The highest BCUT2D eigenvalue weighted by atomic mass is 79.9. The van der Waals surface area contributed by atoms with E-state index in [-0.39, 0.29) is 12.1 Å². The molecular weight excluding hydrogens is 330 g/mol. The molecule has 3 rings (SSSR count). The van der Waals surface area contributed by atoms with Crippen molar-refractivity contribution in [3.05, 3.63) is 34.3 Å². The fourth-order valence-corrected chi connectivity index (χ4v) is 4.46. The molecule has 4 unspecified atom stereocenters. The van der Waals surface area contributed by atoms with Crippen LogP contribution in [-0.4, -0.2) is 34.6 Å². The van der Waals surface area contributed by atoms with Crippen molar-refractivity contribution in [2.45, 2.75) is 44.7 Å². The van der Waals surface area contributed by atoms with E-state index in [1.54, 1.807) is 0 Å². The smallest absolute Gasteiger partial charge is 0.321 e. The van der Waals surface area contributed by atoms with E-state index in [2.05, 4.69) is 52.0 Å². The number of halogens is 1. The molecule has 0 radical (unpaired) electrons. The Hall–Kier alpha value is -0.870. The van der Waals surface area contributed by atoms with Gasteiger partial charge in [0.25, 0.3) is 0 Å². The molecule has 2 aliphatic rings. The first kappa shape index (κ1) is 15.0. The van der Waals surface area contributed by atoms with Crippen LogP contribution in [0.1, 0.15) is 31.7 Å². The first-order valence-corrected chi connectivity index (χ1v) is 8.58. The molecule has 1 aliphatic carbocycles. The summed E-state index contributed by atoms with van der Waals surface area (Å²) in [6, 6.07) is 8.34. The monoisotopic (exact) mass is 351 g/mol. The SMILES string of the molecule is CC(Cc1ccc(Br)cc1)N1CC2CCCC2C1C(=O)O. The van der Waals surface area contributed by atoms with Crippen molar-refractivity contribution >= 4 is 21.9 Å². The van der Waals surface area contributed by atoms with Crippen LogP contribution in [0.4, 0.5) is 0 Å². The van der Waals surface area contributed by atoms with Gasteiger partial charge in [-0.05, 0) is 55.7 Å². The largest absolute Gasteiger partial charge is 0.480 e. The normalized spacial score (nSPS) is 30.3. The summed E-state index contributed by atoms with van der Waals surface area (Å²) in [6.07, 6.45) is 4.41. The molecule has 1 saturated carbocycles. The minimum absolute atomic E-state index is 0.275. The molecule has 1 N–H and O–H groups in total. The van der Waals surface area contributed by atoms with E-state index < -0.39 is 5.97 Å². The minimum atomic E-state index is -0.632. The summed E-state index contributed by atoms with van der Waals surface area (Å²) < 4.78 is 1.08. The van der Waals surface area contributed by atoms with E-state index >= 15 is 0 Å². The molecule has 1 aromatic carbocycles. The number of fused-ring (bicyclic) bond motifs is 1. The quantitative estimate of drug-likeness (QED) is 0.901. The zero-order valence-electron chi connectivity index (χ0n) is 12.3. The van der Waals surface area contributed by atoms with Crippen molar-refractivity contribution in [2.24, 2.45) is 11.8 Å². The molecule has 0 aromatic heterocycles. The number of carbonyl (C=O) groups is 1. The fraction of sp³-hybridized carbons (Fsp3) is 0.588. The summed E-state index contributed by atoms with van der Waals surface area (Å²) in [7, 11) is 0. The van der Waals surface area contributed by atoms with Gasteiger partial charge in [-0.3, -0.25) is 9.69 Å². The highest BCUT2D eigenvalue weighted by Gasteiger charge is 2.48. The lowest BCUT2D eigenvalue weighted by molar-refractivity contribution is -0.144. The van der Waals surface area contributed by atoms with Crippen LogP contribution in [0.25, 0.3) is 0 Å². The number of nitrogens with zero attached hydrogens (tertiary/aromatic N) is 1. The third-order valence-corrected chi connectivity index (χ3v) is 5.72. The number of hydrogen-bond acceptors (Lipinski definition) is 2. The van der Waals surface area contributed by atoms with Gasteiger partial charge in [0.15, 0.2) is 0 Å². The lowest BCUT2D eigenvalue weighted by Gasteiger charge is -2.30. The molecule has 114 valence electrons. The van der Waals surface area contributed by atoms with Crippen LogP contribution in [-0.2, 0) is 11.2 Å². The molecular formula is C17H22BrNO2. The Morgan fingerprint density at radius 1 is 1.38 bits per heavy atom. The maximum absolute atomic E-state index is 11.7. The number of aliphatic carboxylic acids is 1. The Balaban J connectivity index is 1.72. The summed E-state index contributed by atoms with van der Waals surface area (Å²) >= 11 is 3.45. The lowest BCUT2D eigenvalue weighted by atomic mass is 9.94. The highest BCUT2D eigenvalue weighted by molar-refractivity contribution is 9.10. The van der Waals surface area contributed by atoms with Crippen molar-refractivity contribution < 1.29 is 9.90 Å². The number of benzene rings is 1. The van der Waals surface area contributed by atoms with E-state index in [4.69, 9.17) is 0 Å². The molecule has 1 saturated heterocycles. The second-order valence-corrected chi connectivity index (χ2v) is 7.43. The number of hydrogen-bond donors (Lipinski definition) is 1. The summed E-state index contributed by atoms with van der Waals surface area (Å²) in [5.74, 6) is 0.334. The first-order chi connectivity index (χ1) is 10.1. The van der Waals surface area contributed by atoms with Gasteiger partial charge >= 0.3 is 5.97 Å². The van der Waals surface area contributed by atoms with Crippen LogP contribution in [0.2, 0.25) is 0 Å². The number of carboxylic acids is 1. The van der Waals surface area contributed by atoms with Gasteiger partial charge in [0.1, 0.15) is 6.04 Å². The van der Waals surface area contributed by atoms with Gasteiger partial charge < -0.3 is 5.11 Å². The molecule has 3 nitrogen and oxygen atoms in total. The zero-order valence-corrected chi connectivity index (χ0v) is 13.9. The molecule has 1 aliphatic heterocycles. The zero-order chi connectivity index (χ0) is 15.0. The topological polar surface area (TPSA) is 40.5 Å². The van der Waals surface area contributed by atoms with Gasteiger partial charge in [0.2, 0.25) is 0 Å². The third kappa shape index (κ3) is 3.02. The minimum Gasteiger partial charge on any atom is -0.480 e. The van der Waals surface area contributed by atoms with E-state index in [0.29, 0.717) is 11.8 Å². The first-order valence-electron chi connectivity index (χ1n) is 7.79. The predicted octanol–water partition coefficient (Wildman–Crippen LogP) is 3.57. The lowest BCUT2D eigenvalue weighted by Crippen LogP contribution is -2.45. The second kappa shape index (κ2) is 6.09. The van der Waals surface area contributed by atoms with Crippen molar-refractivity contribution in [1.29, 1.82) is 0 Å². The Morgan fingerprint density at radius 2 is 2.10 bits per heavy atom. The second-order valence-electron chi connectivity index (χ2n) is 6.51. The van der Waals surface area contributed by atoms with E-state index in [1.807, 2.05) is 0 Å². The summed E-state index contributed by atoms with van der Waals surface area (Å²) in [5.41, 5.74) is 1.27. The highest BCUT2D eigenvalue weighted by Crippen LogP contribution is 2.43. The molecule has 2 fully saturated rings. The Kier molecular flexibility index (Phi) is 4.36. The standard InChI is InChI=1S/C17H22BrNO2/c1-11(9-12-5-7-14(18)8-6-12)19-10-13-3-2-4-15(13)16(19)17(20)21/h5-8,11,13,15-16H,2-4,9-10H2,1H3,(H,20,21). The number of rotatable bonds is 4. The van der Waals surface area contributed by atoms with Gasteiger partial charge in [-0.15, -0.1) is 0 Å². The molecule has 0 spiro atoms. The van der Waals surface area contributed by atoms with Crippen molar-refractivity contribution in [2.75, 3.05) is 6.54 Å². The molecule has 4 heteroatoms. The summed E-state index contributed by atoms with van der Waals surface area (Å²) in [5, 5.41) is 9.63. The van der Waals surface area contributed by atoms with Crippen LogP contribution in [0.15, 0.2) is 28.7 Å². The van der Waals surface area contributed by atoms with Gasteiger partial charge in [0.05, 0.1) is 0 Å². The molecule has 0 bridgehead atoms. The van der Waals surface area contributed by atoms with Crippen LogP contribution >= 0.6 is 15.9 Å². The summed E-state index contributed by atoms with van der Waals surface area (Å²) in [6.45, 7) is 3.12. The maximum atomic E-state index is 11.7. The van der Waals surface area contributed by atoms with Crippen LogP contribution in [0.3, 0.4) is 0 Å². The average Bonchev–Trinajstić information content (AvgIpc) is 3.00. The van der Waals surface area contributed by atoms with Crippen molar-refractivity contribution in [3.63, 3.8) is 0 Å². The third-order valence-electron chi connectivity index (χ3n) is 5.19. The van der Waals surface area contributed by atoms with Crippen LogP contribution < -0.4 is 0 Å². The van der Waals surface area contributed by atoms with Crippen LogP contribution in [0, 0.1) is 11.8 Å². The van der Waals surface area contributed by atoms with Crippen molar-refractivity contribution in [1.82, 2.24) is 4.90 Å². The van der Waals surface area contributed by atoms with Gasteiger partial charge in [-0.2, -0.15) is 0 Å². The average molecular weight is 352 g/mol. The Bertz CT molecular complexity index is 516. The van der Waals surface area contributed by atoms with Crippen LogP contribution in [0.5, 0.6) is 0 Å². The molecule has 0 amide bonds. The van der Waals surface area contributed by atoms with Gasteiger partial charge in [-0.1, -0.05) is 34.5 Å². The molecule has 1 heterocycles. The fourth-order valence-electron chi connectivity index (χ4n) is 4.20. The maximum Gasteiger partial charge on any atom is 0.321 e.